The molecule has 1 aliphatic heterocycles. The Labute approximate surface area is 147 Å². The molecule has 2 aromatic rings. The average Bonchev–Trinajstić information content (AvgIpc) is 3.34. The van der Waals surface area contributed by atoms with Crippen LogP contribution in [0.15, 0.2) is 6.33 Å². The predicted molar refractivity (Wildman–Crippen MR) is 95.6 cm³/mol. The molecule has 8 nitrogen and oxygen atoms in total. The van der Waals surface area contributed by atoms with Gasteiger partial charge in [-0.3, -0.25) is 9.89 Å². The van der Waals surface area contributed by atoms with Crippen LogP contribution in [-0.4, -0.2) is 58.4 Å². The number of nitrogens with zero attached hydrogens (tertiary/aromatic N) is 4. The van der Waals surface area contributed by atoms with Gasteiger partial charge in [0.15, 0.2) is 5.65 Å². The Morgan fingerprint density at radius 1 is 1.24 bits per heavy atom. The van der Waals surface area contributed by atoms with Crippen molar-refractivity contribution in [2.75, 3.05) is 31.1 Å². The Hall–Kier alpha value is -2.22. The number of piperazine rings is 1. The Kier molecular flexibility index (Phi) is 5.17. The molecule has 1 aliphatic carbocycles. The maximum absolute atomic E-state index is 9.60. The van der Waals surface area contributed by atoms with E-state index < -0.39 is 0 Å². The van der Waals surface area contributed by atoms with E-state index in [1.807, 2.05) is 20.8 Å². The molecule has 0 amide bonds. The standard InChI is InChI=1S/C12H16N6.C5H10O2/c1-2-8(1)10-9-11(17-16-10)14-7-15-12(9)18-5-3-13-4-6-18;1-5(2,3)7-4-6/h7-8,13H,1-6H2,(H,14,15,16,17);4H,1-3H3. The van der Waals surface area contributed by atoms with Crippen LogP contribution >= 0.6 is 0 Å². The first kappa shape index (κ1) is 17.6. The van der Waals surface area contributed by atoms with Crippen molar-refractivity contribution in [3.63, 3.8) is 0 Å². The van der Waals surface area contributed by atoms with Gasteiger partial charge in [-0.1, -0.05) is 0 Å². The van der Waals surface area contributed by atoms with Crippen LogP contribution in [0.2, 0.25) is 0 Å². The molecule has 0 atom stereocenters. The van der Waals surface area contributed by atoms with Crippen molar-refractivity contribution >= 4 is 23.3 Å². The smallest absolute Gasteiger partial charge is 0.293 e. The number of carbonyl (C=O) groups is 1. The number of fused-ring (bicyclic) bond motifs is 1. The number of nitrogens with one attached hydrogen (secondary N) is 2. The number of hydrogen-bond acceptors (Lipinski definition) is 7. The van der Waals surface area contributed by atoms with Gasteiger partial charge in [-0.25, -0.2) is 9.97 Å². The third kappa shape index (κ3) is 4.45. The number of carbonyl (C=O) groups excluding carboxylic acids is 1. The molecule has 136 valence electrons. The second-order valence-corrected chi connectivity index (χ2v) is 7.37. The third-order valence-electron chi connectivity index (χ3n) is 4.16. The maximum atomic E-state index is 9.60. The summed E-state index contributed by atoms with van der Waals surface area (Å²) in [6.45, 7) is 9.96. The summed E-state index contributed by atoms with van der Waals surface area (Å²) < 4.78 is 4.55. The van der Waals surface area contributed by atoms with Gasteiger partial charge in [-0.2, -0.15) is 5.10 Å². The first-order chi connectivity index (χ1) is 12.0. The van der Waals surface area contributed by atoms with Crippen molar-refractivity contribution in [2.45, 2.75) is 45.1 Å². The maximum Gasteiger partial charge on any atom is 0.293 e. The number of ether oxygens (including phenoxy) is 1. The van der Waals surface area contributed by atoms with Gasteiger partial charge in [0.05, 0.1) is 11.1 Å². The van der Waals surface area contributed by atoms with Gasteiger partial charge in [0.25, 0.3) is 6.47 Å². The summed E-state index contributed by atoms with van der Waals surface area (Å²) in [5, 5.41) is 12.0. The van der Waals surface area contributed by atoms with Gasteiger partial charge in [0.1, 0.15) is 17.7 Å². The third-order valence-corrected chi connectivity index (χ3v) is 4.16. The highest BCUT2D eigenvalue weighted by molar-refractivity contribution is 5.90. The molecule has 2 aromatic heterocycles. The number of rotatable bonds is 3. The molecule has 0 unspecified atom stereocenters. The van der Waals surface area contributed by atoms with Crippen molar-refractivity contribution < 1.29 is 9.53 Å². The van der Waals surface area contributed by atoms with Crippen LogP contribution < -0.4 is 10.2 Å². The van der Waals surface area contributed by atoms with Crippen molar-refractivity contribution in [1.82, 2.24) is 25.5 Å². The molecule has 4 rings (SSSR count). The van der Waals surface area contributed by atoms with E-state index in [4.69, 9.17) is 0 Å². The molecule has 1 saturated carbocycles. The lowest BCUT2D eigenvalue weighted by atomic mass is 10.2. The van der Waals surface area contributed by atoms with Gasteiger partial charge < -0.3 is 15.0 Å². The van der Waals surface area contributed by atoms with Crippen LogP contribution in [0.5, 0.6) is 0 Å². The normalized spacial score (nSPS) is 17.8. The summed E-state index contributed by atoms with van der Waals surface area (Å²) in [5.41, 5.74) is 1.72. The molecule has 2 N–H and O–H groups in total. The minimum atomic E-state index is -0.318. The van der Waals surface area contributed by atoms with E-state index >= 15 is 0 Å². The summed E-state index contributed by atoms with van der Waals surface area (Å²) in [4.78, 5) is 20.7. The zero-order valence-corrected chi connectivity index (χ0v) is 15.1. The van der Waals surface area contributed by atoms with Crippen LogP contribution in [0.25, 0.3) is 11.0 Å². The second-order valence-electron chi connectivity index (χ2n) is 7.37. The molecule has 0 bridgehead atoms. The van der Waals surface area contributed by atoms with E-state index in [1.165, 1.54) is 18.5 Å². The van der Waals surface area contributed by atoms with Gasteiger partial charge >= 0.3 is 0 Å². The monoisotopic (exact) mass is 346 g/mol. The lowest BCUT2D eigenvalue weighted by molar-refractivity contribution is -0.138. The lowest BCUT2D eigenvalue weighted by Gasteiger charge is -2.28. The van der Waals surface area contributed by atoms with Crippen molar-refractivity contribution in [2.24, 2.45) is 0 Å². The molecule has 2 fully saturated rings. The molecule has 8 heteroatoms. The second kappa shape index (κ2) is 7.35. The average molecular weight is 346 g/mol. The summed E-state index contributed by atoms with van der Waals surface area (Å²) >= 11 is 0. The zero-order valence-electron chi connectivity index (χ0n) is 15.1. The topological polar surface area (TPSA) is 96.0 Å². The van der Waals surface area contributed by atoms with Crippen LogP contribution in [0, 0.1) is 0 Å². The van der Waals surface area contributed by atoms with Crippen molar-refractivity contribution in [3.8, 4) is 0 Å². The van der Waals surface area contributed by atoms with Gasteiger partial charge in [0.2, 0.25) is 0 Å². The van der Waals surface area contributed by atoms with E-state index in [-0.39, 0.29) is 5.60 Å². The predicted octanol–water partition coefficient (Wildman–Crippen LogP) is 1.60. The molecule has 3 heterocycles. The number of aromatic amines is 1. The SMILES string of the molecule is CC(C)(C)OC=O.c1nc(N2CCNCC2)c2c(C3CC3)[nH]nc2n1. The lowest BCUT2D eigenvalue weighted by Crippen LogP contribution is -2.44. The number of hydrogen-bond donors (Lipinski definition) is 2. The van der Waals surface area contributed by atoms with E-state index in [2.05, 4.69) is 35.1 Å². The first-order valence-electron chi connectivity index (χ1n) is 8.75. The summed E-state index contributed by atoms with van der Waals surface area (Å²) in [7, 11) is 0. The van der Waals surface area contributed by atoms with Gasteiger partial charge in [-0.15, -0.1) is 0 Å². The fourth-order valence-electron chi connectivity index (χ4n) is 2.79. The number of H-pyrrole nitrogens is 1. The first-order valence-corrected chi connectivity index (χ1v) is 8.75. The molecular weight excluding hydrogens is 320 g/mol. The molecule has 0 radical (unpaired) electrons. The quantitative estimate of drug-likeness (QED) is 0.815. The van der Waals surface area contributed by atoms with Crippen LogP contribution in [-0.2, 0) is 9.53 Å². The number of anilines is 1. The highest BCUT2D eigenvalue weighted by Gasteiger charge is 2.30. The fourth-order valence-corrected chi connectivity index (χ4v) is 2.79. The van der Waals surface area contributed by atoms with E-state index in [1.54, 1.807) is 6.33 Å². The Balaban J connectivity index is 0.000000225. The molecule has 25 heavy (non-hydrogen) atoms. The number of aromatic nitrogens is 4. The summed E-state index contributed by atoms with van der Waals surface area (Å²) in [6, 6.07) is 0. The Morgan fingerprint density at radius 2 is 1.96 bits per heavy atom. The molecule has 0 spiro atoms. The Bertz CT molecular complexity index is 713. The summed E-state index contributed by atoms with van der Waals surface area (Å²) in [6.07, 6.45) is 4.14. The molecule has 2 aliphatic rings. The largest absolute Gasteiger partial charge is 0.462 e. The highest BCUT2D eigenvalue weighted by atomic mass is 16.5. The van der Waals surface area contributed by atoms with Crippen LogP contribution in [0.4, 0.5) is 5.82 Å². The van der Waals surface area contributed by atoms with E-state index in [0.717, 1.165) is 43.0 Å². The summed E-state index contributed by atoms with van der Waals surface area (Å²) in [5.74, 6) is 1.69. The van der Waals surface area contributed by atoms with Gasteiger partial charge in [-0.05, 0) is 33.6 Å². The van der Waals surface area contributed by atoms with E-state index in [9.17, 15) is 4.79 Å². The van der Waals surface area contributed by atoms with Crippen molar-refractivity contribution in [3.05, 3.63) is 12.0 Å². The van der Waals surface area contributed by atoms with Gasteiger partial charge in [0, 0.05) is 32.1 Å². The van der Waals surface area contributed by atoms with Crippen LogP contribution in [0.3, 0.4) is 0 Å². The van der Waals surface area contributed by atoms with E-state index in [0.29, 0.717) is 12.4 Å². The molecule has 1 saturated heterocycles. The van der Waals surface area contributed by atoms with Crippen LogP contribution in [0.1, 0.15) is 45.2 Å². The van der Waals surface area contributed by atoms with Crippen molar-refractivity contribution in [1.29, 1.82) is 0 Å². The molecular formula is C17H26N6O2. The minimum absolute atomic E-state index is 0.318. The minimum Gasteiger partial charge on any atom is -0.462 e. The molecule has 0 aromatic carbocycles. The zero-order chi connectivity index (χ0) is 17.9. The Morgan fingerprint density at radius 3 is 2.52 bits per heavy atom. The fraction of sp³-hybridized carbons (Fsp3) is 0.647. The highest BCUT2D eigenvalue weighted by Crippen LogP contribution is 2.43.